The number of rotatable bonds is 3. The molecule has 16 heavy (non-hydrogen) atoms. The number of Topliss-reactive ketones (excluding diaryl/α,β-unsaturated/α-hetero) is 1. The zero-order chi connectivity index (χ0) is 11.7. The van der Waals surface area contributed by atoms with Crippen molar-refractivity contribution in [1.82, 2.24) is 5.06 Å². The fourth-order valence-electron chi connectivity index (χ4n) is 1.46. The van der Waals surface area contributed by atoms with E-state index >= 15 is 0 Å². The summed E-state index contributed by atoms with van der Waals surface area (Å²) in [5.41, 5.74) is 0.498. The molecule has 1 unspecified atom stereocenters. The molecule has 0 radical (unpaired) electrons. The molecule has 0 bridgehead atoms. The molecule has 1 N–H and O–H groups in total. The SMILES string of the molecule is CC(C(=O)c1ccc2c(c1)OCO2)N(C)O. The summed E-state index contributed by atoms with van der Waals surface area (Å²) in [6, 6.07) is 4.40. The van der Waals surface area contributed by atoms with Crippen LogP contribution in [0.15, 0.2) is 18.2 Å². The summed E-state index contributed by atoms with van der Waals surface area (Å²) >= 11 is 0. The molecule has 0 spiro atoms. The van der Waals surface area contributed by atoms with Crippen molar-refractivity contribution >= 4 is 5.78 Å². The van der Waals surface area contributed by atoms with Crippen LogP contribution in [0.5, 0.6) is 11.5 Å². The Balaban J connectivity index is 2.25. The van der Waals surface area contributed by atoms with Gasteiger partial charge in [-0.05, 0) is 25.1 Å². The monoisotopic (exact) mass is 223 g/mol. The fraction of sp³-hybridized carbons (Fsp3) is 0.364. The molecule has 0 amide bonds. The first-order valence-corrected chi connectivity index (χ1v) is 4.95. The summed E-state index contributed by atoms with van der Waals surface area (Å²) in [7, 11) is 1.44. The van der Waals surface area contributed by atoms with E-state index in [0.29, 0.717) is 17.1 Å². The second kappa shape index (κ2) is 4.11. The number of hydroxylamine groups is 2. The maximum atomic E-state index is 11.9. The number of carbonyl (C=O) groups is 1. The number of hydrogen-bond acceptors (Lipinski definition) is 5. The van der Waals surface area contributed by atoms with Crippen molar-refractivity contribution in [2.24, 2.45) is 0 Å². The molecule has 0 saturated heterocycles. The van der Waals surface area contributed by atoms with E-state index in [4.69, 9.17) is 9.47 Å². The van der Waals surface area contributed by atoms with Gasteiger partial charge in [-0.3, -0.25) is 4.79 Å². The van der Waals surface area contributed by atoms with Crippen LogP contribution in [0, 0.1) is 0 Å². The fourth-order valence-corrected chi connectivity index (χ4v) is 1.46. The van der Waals surface area contributed by atoms with Crippen molar-refractivity contribution in [3.05, 3.63) is 23.8 Å². The lowest BCUT2D eigenvalue weighted by Gasteiger charge is -2.16. The molecule has 0 aliphatic carbocycles. The van der Waals surface area contributed by atoms with Crippen LogP contribution in [0.4, 0.5) is 0 Å². The molecule has 1 aromatic rings. The Morgan fingerprint density at radius 1 is 1.44 bits per heavy atom. The molecule has 5 nitrogen and oxygen atoms in total. The van der Waals surface area contributed by atoms with Crippen molar-refractivity contribution in [2.75, 3.05) is 13.8 Å². The normalized spacial score (nSPS) is 15.2. The highest BCUT2D eigenvalue weighted by Gasteiger charge is 2.21. The van der Waals surface area contributed by atoms with Crippen molar-refractivity contribution in [2.45, 2.75) is 13.0 Å². The molecule has 86 valence electrons. The van der Waals surface area contributed by atoms with Crippen LogP contribution < -0.4 is 9.47 Å². The number of nitrogens with zero attached hydrogens (tertiary/aromatic N) is 1. The van der Waals surface area contributed by atoms with Crippen LogP contribution in [0.3, 0.4) is 0 Å². The number of carbonyl (C=O) groups excluding carboxylic acids is 1. The number of ether oxygens (including phenoxy) is 2. The van der Waals surface area contributed by atoms with Gasteiger partial charge in [0, 0.05) is 12.6 Å². The zero-order valence-corrected chi connectivity index (χ0v) is 9.14. The molecule has 1 heterocycles. The average molecular weight is 223 g/mol. The third-order valence-corrected chi connectivity index (χ3v) is 2.60. The Morgan fingerprint density at radius 3 is 2.81 bits per heavy atom. The highest BCUT2D eigenvalue weighted by Crippen LogP contribution is 2.32. The third kappa shape index (κ3) is 1.87. The molecular formula is C11H13NO4. The second-order valence-electron chi connectivity index (χ2n) is 3.68. The van der Waals surface area contributed by atoms with Crippen LogP contribution in [-0.2, 0) is 0 Å². The second-order valence-corrected chi connectivity index (χ2v) is 3.68. The minimum absolute atomic E-state index is 0.164. The number of benzene rings is 1. The molecular weight excluding hydrogens is 210 g/mol. The minimum Gasteiger partial charge on any atom is -0.454 e. The van der Waals surface area contributed by atoms with E-state index < -0.39 is 6.04 Å². The molecule has 0 saturated carbocycles. The first-order chi connectivity index (χ1) is 7.59. The predicted molar refractivity (Wildman–Crippen MR) is 55.9 cm³/mol. The summed E-state index contributed by atoms with van der Waals surface area (Å²) in [5.74, 6) is 1.04. The van der Waals surface area contributed by atoms with Crippen LogP contribution >= 0.6 is 0 Å². The van der Waals surface area contributed by atoms with Crippen molar-refractivity contribution in [3.63, 3.8) is 0 Å². The van der Waals surface area contributed by atoms with Gasteiger partial charge in [-0.25, -0.2) is 0 Å². The standard InChI is InChI=1S/C11H13NO4/c1-7(12(2)14)11(13)8-3-4-9-10(5-8)16-6-15-9/h3-5,7,14H,6H2,1-2H3. The molecule has 0 aromatic heterocycles. The van der Waals surface area contributed by atoms with Crippen molar-refractivity contribution in [1.29, 1.82) is 0 Å². The number of likely N-dealkylation sites (N-methyl/N-ethyl adjacent to an activating group) is 1. The summed E-state index contributed by atoms with van der Waals surface area (Å²) in [6.07, 6.45) is 0. The first kappa shape index (κ1) is 10.9. The van der Waals surface area contributed by atoms with E-state index in [2.05, 4.69) is 0 Å². The van der Waals surface area contributed by atoms with Crippen LogP contribution in [0.25, 0.3) is 0 Å². The van der Waals surface area contributed by atoms with Crippen LogP contribution in [0.2, 0.25) is 0 Å². The van der Waals surface area contributed by atoms with E-state index in [0.717, 1.165) is 5.06 Å². The van der Waals surface area contributed by atoms with Gasteiger partial charge in [0.15, 0.2) is 17.3 Å². The Kier molecular flexibility index (Phi) is 2.80. The maximum Gasteiger partial charge on any atom is 0.231 e. The molecule has 1 aromatic carbocycles. The number of fused-ring (bicyclic) bond motifs is 1. The van der Waals surface area contributed by atoms with Gasteiger partial charge in [-0.1, -0.05) is 0 Å². The highest BCUT2D eigenvalue weighted by atomic mass is 16.7. The van der Waals surface area contributed by atoms with E-state index in [9.17, 15) is 10.0 Å². The number of hydrogen-bond donors (Lipinski definition) is 1. The Hall–Kier alpha value is -1.59. The van der Waals surface area contributed by atoms with Crippen LogP contribution in [0.1, 0.15) is 17.3 Å². The predicted octanol–water partition coefficient (Wildman–Crippen LogP) is 1.31. The average Bonchev–Trinajstić information content (AvgIpc) is 2.73. The highest BCUT2D eigenvalue weighted by molar-refractivity contribution is 6.00. The van der Waals surface area contributed by atoms with E-state index in [1.165, 1.54) is 7.05 Å². The lowest BCUT2D eigenvalue weighted by atomic mass is 10.0. The molecule has 0 fully saturated rings. The van der Waals surface area contributed by atoms with Gasteiger partial charge in [0.25, 0.3) is 0 Å². The summed E-state index contributed by atoms with van der Waals surface area (Å²) in [5, 5.41) is 10.1. The lowest BCUT2D eigenvalue weighted by molar-refractivity contribution is -0.0849. The largest absolute Gasteiger partial charge is 0.454 e. The van der Waals surface area contributed by atoms with Gasteiger partial charge in [0.2, 0.25) is 6.79 Å². The Bertz CT molecular complexity index is 416. The van der Waals surface area contributed by atoms with Crippen molar-refractivity contribution < 1.29 is 19.5 Å². The lowest BCUT2D eigenvalue weighted by Crippen LogP contribution is -2.33. The molecule has 5 heteroatoms. The van der Waals surface area contributed by atoms with E-state index in [1.54, 1.807) is 25.1 Å². The van der Waals surface area contributed by atoms with Gasteiger partial charge in [0.1, 0.15) is 0 Å². The van der Waals surface area contributed by atoms with Gasteiger partial charge in [-0.2, -0.15) is 5.06 Å². The summed E-state index contributed by atoms with van der Waals surface area (Å²) in [4.78, 5) is 11.9. The minimum atomic E-state index is -0.583. The summed E-state index contributed by atoms with van der Waals surface area (Å²) < 4.78 is 10.3. The third-order valence-electron chi connectivity index (χ3n) is 2.60. The van der Waals surface area contributed by atoms with Gasteiger partial charge >= 0.3 is 0 Å². The van der Waals surface area contributed by atoms with Crippen molar-refractivity contribution in [3.8, 4) is 11.5 Å². The van der Waals surface area contributed by atoms with Crippen LogP contribution in [-0.4, -0.2) is 35.9 Å². The zero-order valence-electron chi connectivity index (χ0n) is 9.14. The molecule has 1 atom stereocenters. The molecule has 1 aliphatic heterocycles. The molecule has 2 rings (SSSR count). The van der Waals surface area contributed by atoms with Gasteiger partial charge in [0.05, 0.1) is 6.04 Å². The van der Waals surface area contributed by atoms with Gasteiger partial charge < -0.3 is 14.7 Å². The van der Waals surface area contributed by atoms with E-state index in [-0.39, 0.29) is 12.6 Å². The Morgan fingerprint density at radius 2 is 2.12 bits per heavy atom. The topological polar surface area (TPSA) is 59.0 Å². The maximum absolute atomic E-state index is 11.9. The Labute approximate surface area is 93.1 Å². The van der Waals surface area contributed by atoms with E-state index in [1.807, 2.05) is 0 Å². The smallest absolute Gasteiger partial charge is 0.231 e. The number of ketones is 1. The quantitative estimate of drug-likeness (QED) is 0.618. The molecule has 1 aliphatic rings. The summed E-state index contributed by atoms with van der Waals surface area (Å²) in [6.45, 7) is 1.81. The first-order valence-electron chi connectivity index (χ1n) is 4.95. The van der Waals surface area contributed by atoms with Gasteiger partial charge in [-0.15, -0.1) is 0 Å².